The number of anilines is 1. The molecule has 0 saturated carbocycles. The number of benzene rings is 1. The van der Waals surface area contributed by atoms with Crippen molar-refractivity contribution in [1.82, 2.24) is 4.90 Å². The van der Waals surface area contributed by atoms with Crippen molar-refractivity contribution in [1.29, 1.82) is 0 Å². The van der Waals surface area contributed by atoms with Gasteiger partial charge in [0, 0.05) is 12.2 Å². The lowest BCUT2D eigenvalue weighted by molar-refractivity contribution is -0.159. The van der Waals surface area contributed by atoms with Gasteiger partial charge in [-0.1, -0.05) is 12.1 Å². The monoisotopic (exact) mass is 302 g/mol. The Morgan fingerprint density at radius 2 is 1.81 bits per heavy atom. The molecule has 1 amide bonds. The fourth-order valence-electron chi connectivity index (χ4n) is 2.19. The molecule has 1 aromatic rings. The third-order valence-corrected chi connectivity index (χ3v) is 3.17. The first-order chi connectivity index (χ1) is 9.92. The molecule has 0 bridgehead atoms. The van der Waals surface area contributed by atoms with Crippen LogP contribution in [0, 0.1) is 0 Å². The number of halogens is 3. The summed E-state index contributed by atoms with van der Waals surface area (Å²) in [4.78, 5) is 13.5. The van der Waals surface area contributed by atoms with Crippen LogP contribution in [0.25, 0.3) is 0 Å². The van der Waals surface area contributed by atoms with Gasteiger partial charge in [-0.05, 0) is 43.6 Å². The van der Waals surface area contributed by atoms with Gasteiger partial charge in [0.25, 0.3) is 0 Å². The Bertz CT molecular complexity index is 468. The van der Waals surface area contributed by atoms with Crippen LogP contribution in [-0.2, 0) is 11.3 Å². The molecular weight excluding hydrogens is 285 g/mol. The molecule has 2 rings (SSSR count). The Balaban J connectivity index is 1.80. The molecule has 1 saturated heterocycles. The van der Waals surface area contributed by atoms with Gasteiger partial charge in [-0.3, -0.25) is 10.2 Å². The Morgan fingerprint density at radius 1 is 1.19 bits per heavy atom. The molecule has 0 atom stereocenters. The number of hydrogen-bond donors (Lipinski definition) is 1. The van der Waals surface area contributed by atoms with Crippen molar-refractivity contribution >= 4 is 11.8 Å². The number of alkyl halides is 3. The fraction of sp³-hybridized carbons (Fsp3) is 0.500. The van der Waals surface area contributed by atoms with Gasteiger partial charge < -0.3 is 4.74 Å². The van der Waals surface area contributed by atoms with E-state index in [-0.39, 0.29) is 0 Å². The molecule has 0 unspecified atom stereocenters. The SMILES string of the molecule is O=C(Nc1ccc(CN2CCCC2)cc1)OCC(F)(F)F. The molecule has 1 N–H and O–H groups in total. The zero-order valence-electron chi connectivity index (χ0n) is 11.4. The molecule has 1 fully saturated rings. The van der Waals surface area contributed by atoms with Crippen LogP contribution in [0.4, 0.5) is 23.7 Å². The predicted octanol–water partition coefficient (Wildman–Crippen LogP) is 3.39. The zero-order valence-corrected chi connectivity index (χ0v) is 11.4. The van der Waals surface area contributed by atoms with E-state index >= 15 is 0 Å². The van der Waals surface area contributed by atoms with Crippen molar-refractivity contribution in [3.05, 3.63) is 29.8 Å². The van der Waals surface area contributed by atoms with Crippen LogP contribution < -0.4 is 5.32 Å². The second-order valence-electron chi connectivity index (χ2n) is 5.00. The van der Waals surface area contributed by atoms with E-state index in [1.54, 1.807) is 12.1 Å². The van der Waals surface area contributed by atoms with Crippen molar-refractivity contribution in [2.45, 2.75) is 25.6 Å². The molecular formula is C14H17F3N2O2. The highest BCUT2D eigenvalue weighted by Crippen LogP contribution is 2.17. The maximum atomic E-state index is 11.9. The number of nitrogens with one attached hydrogen (secondary N) is 1. The highest BCUT2D eigenvalue weighted by atomic mass is 19.4. The molecule has 1 heterocycles. The summed E-state index contributed by atoms with van der Waals surface area (Å²) in [6.45, 7) is 1.43. The highest BCUT2D eigenvalue weighted by molar-refractivity contribution is 5.84. The minimum Gasteiger partial charge on any atom is -0.440 e. The minimum atomic E-state index is -4.52. The second-order valence-corrected chi connectivity index (χ2v) is 5.00. The molecule has 0 aromatic heterocycles. The Morgan fingerprint density at radius 3 is 2.38 bits per heavy atom. The molecule has 7 heteroatoms. The first-order valence-corrected chi connectivity index (χ1v) is 6.74. The molecule has 0 radical (unpaired) electrons. The van der Waals surface area contributed by atoms with E-state index in [2.05, 4.69) is 15.0 Å². The third-order valence-electron chi connectivity index (χ3n) is 3.17. The van der Waals surface area contributed by atoms with Crippen molar-refractivity contribution < 1.29 is 22.7 Å². The van der Waals surface area contributed by atoms with Crippen LogP contribution in [-0.4, -0.2) is 36.9 Å². The number of amides is 1. The third kappa shape index (κ3) is 5.63. The van der Waals surface area contributed by atoms with Crippen LogP contribution in [0.5, 0.6) is 0 Å². The lowest BCUT2D eigenvalue weighted by Crippen LogP contribution is -2.23. The number of ether oxygens (including phenoxy) is 1. The molecule has 0 aliphatic carbocycles. The Labute approximate surface area is 120 Å². The van der Waals surface area contributed by atoms with Gasteiger partial charge in [-0.25, -0.2) is 4.79 Å². The number of nitrogens with zero attached hydrogens (tertiary/aromatic N) is 1. The number of likely N-dealkylation sites (tertiary alicyclic amines) is 1. The van der Waals surface area contributed by atoms with E-state index in [9.17, 15) is 18.0 Å². The summed E-state index contributed by atoms with van der Waals surface area (Å²) in [5.41, 5.74) is 1.51. The predicted molar refractivity (Wildman–Crippen MR) is 72.0 cm³/mol. The summed E-state index contributed by atoms with van der Waals surface area (Å²) in [7, 11) is 0. The largest absolute Gasteiger partial charge is 0.440 e. The van der Waals surface area contributed by atoms with E-state index in [1.807, 2.05) is 12.1 Å². The van der Waals surface area contributed by atoms with Crippen LogP contribution in [0.1, 0.15) is 18.4 Å². The van der Waals surface area contributed by atoms with Gasteiger partial charge in [0.1, 0.15) is 0 Å². The molecule has 4 nitrogen and oxygen atoms in total. The quantitative estimate of drug-likeness (QED) is 0.927. The highest BCUT2D eigenvalue weighted by Gasteiger charge is 2.29. The summed E-state index contributed by atoms with van der Waals surface area (Å²) in [5.74, 6) is 0. The summed E-state index contributed by atoms with van der Waals surface area (Å²) in [5, 5.41) is 2.26. The van der Waals surface area contributed by atoms with Crippen molar-refractivity contribution in [3.63, 3.8) is 0 Å². The maximum absolute atomic E-state index is 11.9. The number of rotatable bonds is 4. The average molecular weight is 302 g/mol. The first kappa shape index (κ1) is 15.6. The zero-order chi connectivity index (χ0) is 15.3. The normalized spacial score (nSPS) is 16.0. The maximum Gasteiger partial charge on any atom is 0.422 e. The second kappa shape index (κ2) is 6.80. The lowest BCUT2D eigenvalue weighted by atomic mass is 10.2. The van der Waals surface area contributed by atoms with E-state index < -0.39 is 18.9 Å². The van der Waals surface area contributed by atoms with E-state index in [0.717, 1.165) is 25.2 Å². The summed E-state index contributed by atoms with van der Waals surface area (Å²) >= 11 is 0. The summed E-state index contributed by atoms with van der Waals surface area (Å²) in [6, 6.07) is 7.00. The fourth-order valence-corrected chi connectivity index (χ4v) is 2.19. The number of hydrogen-bond acceptors (Lipinski definition) is 3. The Kier molecular flexibility index (Phi) is 5.06. The molecule has 1 aliphatic rings. The number of carbonyl (C=O) groups is 1. The van der Waals surface area contributed by atoms with Crippen molar-refractivity contribution in [2.75, 3.05) is 25.0 Å². The van der Waals surface area contributed by atoms with Crippen molar-refractivity contribution in [2.24, 2.45) is 0 Å². The van der Waals surface area contributed by atoms with Crippen LogP contribution in [0.2, 0.25) is 0 Å². The topological polar surface area (TPSA) is 41.6 Å². The van der Waals surface area contributed by atoms with Gasteiger partial charge in [0.15, 0.2) is 6.61 Å². The smallest absolute Gasteiger partial charge is 0.422 e. The minimum absolute atomic E-state index is 0.410. The molecule has 21 heavy (non-hydrogen) atoms. The van der Waals surface area contributed by atoms with Crippen molar-refractivity contribution in [3.8, 4) is 0 Å². The number of carbonyl (C=O) groups excluding carboxylic acids is 1. The van der Waals surface area contributed by atoms with Gasteiger partial charge >= 0.3 is 12.3 Å². The molecule has 0 spiro atoms. The van der Waals surface area contributed by atoms with Crippen LogP contribution in [0.3, 0.4) is 0 Å². The van der Waals surface area contributed by atoms with Gasteiger partial charge in [0.2, 0.25) is 0 Å². The summed E-state index contributed by atoms with van der Waals surface area (Å²) < 4.78 is 39.7. The van der Waals surface area contributed by atoms with E-state index in [0.29, 0.717) is 5.69 Å². The Hall–Kier alpha value is -1.76. The standard InChI is InChI=1S/C14H17F3N2O2/c15-14(16,17)10-21-13(20)18-12-5-3-11(4-6-12)9-19-7-1-2-8-19/h3-6H,1-2,7-10H2,(H,18,20). The van der Waals surface area contributed by atoms with Gasteiger partial charge in [0.05, 0.1) is 0 Å². The van der Waals surface area contributed by atoms with Gasteiger partial charge in [-0.15, -0.1) is 0 Å². The molecule has 116 valence electrons. The average Bonchev–Trinajstić information content (AvgIpc) is 2.91. The molecule has 1 aromatic carbocycles. The lowest BCUT2D eigenvalue weighted by Gasteiger charge is -2.15. The van der Waals surface area contributed by atoms with Crippen LogP contribution >= 0.6 is 0 Å². The molecule has 1 aliphatic heterocycles. The van der Waals surface area contributed by atoms with E-state index in [4.69, 9.17) is 0 Å². The first-order valence-electron chi connectivity index (χ1n) is 6.74. The van der Waals surface area contributed by atoms with Gasteiger partial charge in [-0.2, -0.15) is 13.2 Å². The van der Waals surface area contributed by atoms with Crippen LogP contribution in [0.15, 0.2) is 24.3 Å². The van der Waals surface area contributed by atoms with E-state index in [1.165, 1.54) is 12.8 Å². The summed E-state index contributed by atoms with van der Waals surface area (Å²) in [6.07, 6.45) is -3.20.